The van der Waals surface area contributed by atoms with Gasteiger partial charge in [-0.1, -0.05) is 48.6 Å². The monoisotopic (exact) mass is 134 g/mol. The van der Waals surface area contributed by atoms with Gasteiger partial charge >= 0.3 is 0 Å². The summed E-state index contributed by atoms with van der Waals surface area (Å²) in [5.41, 5.74) is 0. The van der Waals surface area contributed by atoms with Crippen LogP contribution in [-0.4, -0.2) is 0 Å². The number of allylic oxidation sites excluding steroid dienone is 8. The van der Waals surface area contributed by atoms with Gasteiger partial charge in [0.05, 0.1) is 0 Å². The summed E-state index contributed by atoms with van der Waals surface area (Å²) in [6, 6.07) is 0. The van der Waals surface area contributed by atoms with E-state index in [0.29, 0.717) is 0 Å². The van der Waals surface area contributed by atoms with E-state index in [1.165, 1.54) is 0 Å². The predicted octanol–water partition coefficient (Wildman–Crippen LogP) is 3.25. The van der Waals surface area contributed by atoms with Gasteiger partial charge < -0.3 is 0 Å². The Labute approximate surface area is 63.3 Å². The molecule has 0 N–H and O–H groups in total. The fourth-order valence-electron chi connectivity index (χ4n) is 0.479. The molecule has 0 rings (SSSR count). The highest BCUT2D eigenvalue weighted by molar-refractivity contribution is 5.14. The summed E-state index contributed by atoms with van der Waals surface area (Å²) in [5.74, 6) is 0. The van der Waals surface area contributed by atoms with E-state index in [4.69, 9.17) is 0 Å². The molecule has 0 aromatic rings. The average Bonchev–Trinajstić information content (AvgIpc) is 1.97. The smallest absolute Gasteiger partial charge is 0.0467 e. The lowest BCUT2D eigenvalue weighted by Gasteiger charge is -1.71. The standard InChI is InChI=1S/C10H14/c1-3-5-7-9-10-8-6-4-2/h3-10H,1-2H3/b5-3+,6-4+,9-7-,10-8+. The normalized spacial score (nSPS) is 13.4. The van der Waals surface area contributed by atoms with E-state index < -0.39 is 0 Å². The van der Waals surface area contributed by atoms with Gasteiger partial charge in [-0.05, 0) is 13.8 Å². The molecule has 0 aliphatic carbocycles. The molecule has 0 amide bonds. The molecule has 0 saturated heterocycles. The van der Waals surface area contributed by atoms with Crippen LogP contribution in [0.5, 0.6) is 0 Å². The number of hydrogen-bond acceptors (Lipinski definition) is 0. The van der Waals surface area contributed by atoms with Crippen LogP contribution in [0.4, 0.5) is 0 Å². The first-order chi connectivity index (χ1) is 4.91. The third-order valence-electron chi connectivity index (χ3n) is 0.940. The van der Waals surface area contributed by atoms with Crippen LogP contribution in [0.2, 0.25) is 0 Å². The molecule has 0 unspecified atom stereocenters. The summed E-state index contributed by atoms with van der Waals surface area (Å²) in [4.78, 5) is 0. The van der Waals surface area contributed by atoms with Crippen LogP contribution >= 0.6 is 0 Å². The maximum atomic E-state index is 2.00. The second kappa shape index (κ2) is 7.96. The molecule has 54 valence electrons. The van der Waals surface area contributed by atoms with E-state index in [-0.39, 0.29) is 0 Å². The zero-order valence-electron chi connectivity index (χ0n) is 6.62. The Hall–Kier alpha value is -1.04. The summed E-state index contributed by atoms with van der Waals surface area (Å²) >= 11 is 0. The zero-order valence-corrected chi connectivity index (χ0v) is 6.62. The fourth-order valence-corrected chi connectivity index (χ4v) is 0.479. The third-order valence-corrected chi connectivity index (χ3v) is 0.940. The van der Waals surface area contributed by atoms with E-state index in [9.17, 15) is 0 Å². The van der Waals surface area contributed by atoms with Crippen LogP contribution in [0.15, 0.2) is 48.6 Å². The largest absolute Gasteiger partial charge is 0.0877 e. The van der Waals surface area contributed by atoms with Crippen LogP contribution in [0.3, 0.4) is 0 Å². The van der Waals surface area contributed by atoms with Gasteiger partial charge in [0.1, 0.15) is 0 Å². The number of hydrogen-bond donors (Lipinski definition) is 0. The lowest BCUT2D eigenvalue weighted by Crippen LogP contribution is -1.49. The van der Waals surface area contributed by atoms with Gasteiger partial charge in [-0.15, -0.1) is 0 Å². The Balaban J connectivity index is 3.51. The van der Waals surface area contributed by atoms with Crippen molar-refractivity contribution in [3.8, 4) is 0 Å². The molecule has 0 spiro atoms. The molecule has 0 aromatic carbocycles. The van der Waals surface area contributed by atoms with Crippen LogP contribution < -0.4 is 0 Å². The molecular formula is C10H14. The molecule has 0 heterocycles. The molecule has 0 fully saturated rings. The summed E-state index contributed by atoms with van der Waals surface area (Å²) < 4.78 is 0. The minimum atomic E-state index is 2.00. The highest BCUT2D eigenvalue weighted by Gasteiger charge is 1.58. The molecule has 0 atom stereocenters. The van der Waals surface area contributed by atoms with Gasteiger partial charge in [0.25, 0.3) is 0 Å². The van der Waals surface area contributed by atoms with Crippen molar-refractivity contribution in [2.45, 2.75) is 13.8 Å². The topological polar surface area (TPSA) is 0 Å². The first kappa shape index (κ1) is 8.96. The molecule has 0 aromatic heterocycles. The van der Waals surface area contributed by atoms with E-state index in [0.717, 1.165) is 0 Å². The molecule has 0 bridgehead atoms. The van der Waals surface area contributed by atoms with Crippen molar-refractivity contribution < 1.29 is 0 Å². The van der Waals surface area contributed by atoms with Gasteiger partial charge in [0, 0.05) is 0 Å². The molecule has 10 heavy (non-hydrogen) atoms. The van der Waals surface area contributed by atoms with Crippen molar-refractivity contribution in [2.24, 2.45) is 0 Å². The van der Waals surface area contributed by atoms with Crippen molar-refractivity contribution >= 4 is 0 Å². The Kier molecular flexibility index (Phi) is 7.13. The zero-order chi connectivity index (χ0) is 7.66. The minimum Gasteiger partial charge on any atom is -0.0877 e. The van der Waals surface area contributed by atoms with E-state index in [2.05, 4.69) is 0 Å². The quantitative estimate of drug-likeness (QED) is 0.520. The van der Waals surface area contributed by atoms with Crippen molar-refractivity contribution in [2.75, 3.05) is 0 Å². The van der Waals surface area contributed by atoms with E-state index in [1.54, 1.807) is 0 Å². The lowest BCUT2D eigenvalue weighted by atomic mass is 10.4. The van der Waals surface area contributed by atoms with Gasteiger partial charge in [-0.2, -0.15) is 0 Å². The minimum absolute atomic E-state index is 2.00. The van der Waals surface area contributed by atoms with Crippen molar-refractivity contribution in [3.63, 3.8) is 0 Å². The average molecular weight is 134 g/mol. The summed E-state index contributed by atoms with van der Waals surface area (Å²) in [5, 5.41) is 0. The Bertz CT molecular complexity index is 137. The highest BCUT2D eigenvalue weighted by Crippen LogP contribution is 1.80. The number of rotatable bonds is 3. The van der Waals surface area contributed by atoms with E-state index in [1.807, 2.05) is 62.5 Å². The molecule has 0 nitrogen and oxygen atoms in total. The maximum absolute atomic E-state index is 2.00. The Morgan fingerprint density at radius 3 is 1.10 bits per heavy atom. The molecule has 0 aliphatic heterocycles. The van der Waals surface area contributed by atoms with Crippen LogP contribution in [0.1, 0.15) is 13.8 Å². The van der Waals surface area contributed by atoms with Crippen LogP contribution in [-0.2, 0) is 0 Å². The van der Waals surface area contributed by atoms with Gasteiger partial charge in [-0.3, -0.25) is 0 Å². The fraction of sp³-hybridized carbons (Fsp3) is 0.200. The van der Waals surface area contributed by atoms with Crippen LogP contribution in [0, 0.1) is 0 Å². The van der Waals surface area contributed by atoms with Crippen molar-refractivity contribution in [3.05, 3.63) is 48.6 Å². The maximum Gasteiger partial charge on any atom is -0.0467 e. The Morgan fingerprint density at radius 1 is 0.500 bits per heavy atom. The third kappa shape index (κ3) is 6.96. The lowest BCUT2D eigenvalue weighted by molar-refractivity contribution is 1.72. The molecule has 0 heteroatoms. The first-order valence-corrected chi connectivity index (χ1v) is 3.49. The second-order valence-corrected chi connectivity index (χ2v) is 1.82. The SMILES string of the molecule is C/C=C/C=C\C=C\C=C\C. The first-order valence-electron chi connectivity index (χ1n) is 3.49. The van der Waals surface area contributed by atoms with Crippen molar-refractivity contribution in [1.82, 2.24) is 0 Å². The predicted molar refractivity (Wildman–Crippen MR) is 47.9 cm³/mol. The van der Waals surface area contributed by atoms with Crippen molar-refractivity contribution in [1.29, 1.82) is 0 Å². The summed E-state index contributed by atoms with van der Waals surface area (Å²) in [7, 11) is 0. The van der Waals surface area contributed by atoms with Gasteiger partial charge in [0.2, 0.25) is 0 Å². The molecule has 0 aliphatic rings. The summed E-state index contributed by atoms with van der Waals surface area (Å²) in [6.45, 7) is 4.00. The Morgan fingerprint density at radius 2 is 0.800 bits per heavy atom. The van der Waals surface area contributed by atoms with Gasteiger partial charge in [0.15, 0.2) is 0 Å². The second-order valence-electron chi connectivity index (χ2n) is 1.82. The molecule has 0 radical (unpaired) electrons. The van der Waals surface area contributed by atoms with E-state index >= 15 is 0 Å². The molecule has 0 saturated carbocycles. The molecular weight excluding hydrogens is 120 g/mol. The van der Waals surface area contributed by atoms with Gasteiger partial charge in [-0.25, -0.2) is 0 Å². The highest BCUT2D eigenvalue weighted by atomic mass is 13.7. The summed E-state index contributed by atoms with van der Waals surface area (Å²) in [6.07, 6.45) is 16.0. The van der Waals surface area contributed by atoms with Crippen LogP contribution in [0.25, 0.3) is 0 Å².